The number of piperazine rings is 2. The van der Waals surface area contributed by atoms with Gasteiger partial charge in [0.05, 0.1) is 64.9 Å². The molecule has 2 aliphatic heterocycles. The number of nitrogens with zero attached hydrogens (tertiary/aromatic N) is 4. The first-order valence-electron chi connectivity index (χ1n) is 17.0. The predicted molar refractivity (Wildman–Crippen MR) is 184 cm³/mol. The zero-order chi connectivity index (χ0) is 37.4. The number of carbonyl (C=O) groups excluding carboxylic acids is 3. The first-order valence-corrected chi connectivity index (χ1v) is 18.2. The van der Waals surface area contributed by atoms with Crippen molar-refractivity contribution in [3.8, 4) is 0 Å². The molecule has 1 aromatic rings. The van der Waals surface area contributed by atoms with E-state index in [1.54, 1.807) is 4.90 Å². The topological polar surface area (TPSA) is 156 Å². The number of anilines is 1. The highest BCUT2D eigenvalue weighted by molar-refractivity contribution is 7.19. The standard InChI is InChI=1S/C31H51ClF3N7O8S/c1-5-46-14-15-48-18-19-49-17-16-47-13-8-37-29(45)50-12-6-22-20-40(26(43)23-21-41(9-7-36-23)30(2,3)4)10-11-42(22)28(44)39-27-38-24(25(32)51-27)31(33,34)35/h22-23,36H,5-21H2,1-4H3,(H,37,45)(H,38,39,44). The number of carbonyl (C=O) groups is 3. The summed E-state index contributed by atoms with van der Waals surface area (Å²) in [5.41, 5.74) is -1.41. The van der Waals surface area contributed by atoms with Crippen molar-refractivity contribution in [2.75, 3.05) is 111 Å². The highest BCUT2D eigenvalue weighted by Crippen LogP contribution is 2.39. The molecule has 15 nitrogen and oxygen atoms in total. The molecule has 0 aromatic carbocycles. The normalized spacial score (nSPS) is 18.9. The number of aromatic nitrogens is 1. The van der Waals surface area contributed by atoms with Gasteiger partial charge in [-0.05, 0) is 27.7 Å². The van der Waals surface area contributed by atoms with Gasteiger partial charge in [0, 0.05) is 64.4 Å². The van der Waals surface area contributed by atoms with E-state index in [1.165, 1.54) is 4.90 Å². The van der Waals surface area contributed by atoms with Crippen LogP contribution >= 0.6 is 22.9 Å². The summed E-state index contributed by atoms with van der Waals surface area (Å²) in [5.74, 6) is -0.120. The molecule has 3 N–H and O–H groups in total. The molecule has 4 amide bonds. The first kappa shape index (κ1) is 42.9. The van der Waals surface area contributed by atoms with Crippen LogP contribution in [0.4, 0.5) is 27.9 Å². The van der Waals surface area contributed by atoms with Gasteiger partial charge in [-0.1, -0.05) is 22.9 Å². The summed E-state index contributed by atoms with van der Waals surface area (Å²) in [7, 11) is 0. The van der Waals surface area contributed by atoms with Gasteiger partial charge in [0.1, 0.15) is 4.34 Å². The second kappa shape index (κ2) is 21.2. The Bertz CT molecular complexity index is 1240. The molecule has 20 heteroatoms. The zero-order valence-corrected chi connectivity index (χ0v) is 31.2. The molecular formula is C31H51ClF3N7O8S. The zero-order valence-electron chi connectivity index (χ0n) is 29.7. The smallest absolute Gasteiger partial charge is 0.435 e. The van der Waals surface area contributed by atoms with Gasteiger partial charge >= 0.3 is 18.3 Å². The summed E-state index contributed by atoms with van der Waals surface area (Å²) in [6.07, 6.45) is -5.31. The van der Waals surface area contributed by atoms with Crippen molar-refractivity contribution in [2.45, 2.75) is 57.9 Å². The Morgan fingerprint density at radius 2 is 1.59 bits per heavy atom. The van der Waals surface area contributed by atoms with Crippen LogP contribution in [0.15, 0.2) is 0 Å². The SMILES string of the molecule is CCOCCOCCOCCOCCNC(=O)OCCC1CN(C(=O)C2CN(C(C)(C)C)CCN2)CCN1C(=O)Nc1nc(C(F)(F)F)c(Cl)s1. The highest BCUT2D eigenvalue weighted by Gasteiger charge is 2.40. The lowest BCUT2D eigenvalue weighted by atomic mass is 10.0. The van der Waals surface area contributed by atoms with Gasteiger partial charge in [-0.15, -0.1) is 0 Å². The molecule has 0 spiro atoms. The number of amides is 4. The van der Waals surface area contributed by atoms with Gasteiger partial charge in [-0.3, -0.25) is 15.0 Å². The van der Waals surface area contributed by atoms with Crippen LogP contribution in [0.5, 0.6) is 0 Å². The molecule has 292 valence electrons. The van der Waals surface area contributed by atoms with Crippen LogP contribution in [0.25, 0.3) is 0 Å². The monoisotopic (exact) mass is 773 g/mol. The number of hydrogen-bond donors (Lipinski definition) is 3. The first-order chi connectivity index (χ1) is 24.2. The van der Waals surface area contributed by atoms with Crippen LogP contribution < -0.4 is 16.0 Å². The number of halogens is 4. The van der Waals surface area contributed by atoms with Gasteiger partial charge in [-0.2, -0.15) is 13.2 Å². The second-order valence-electron chi connectivity index (χ2n) is 12.7. The Kier molecular flexibility index (Phi) is 17.9. The lowest BCUT2D eigenvalue weighted by Crippen LogP contribution is -2.64. The van der Waals surface area contributed by atoms with Crippen molar-refractivity contribution in [1.29, 1.82) is 0 Å². The van der Waals surface area contributed by atoms with Crippen LogP contribution in [0.1, 0.15) is 39.8 Å². The molecule has 3 heterocycles. The van der Waals surface area contributed by atoms with Crippen LogP contribution in [-0.4, -0.2) is 161 Å². The molecule has 2 fully saturated rings. The van der Waals surface area contributed by atoms with E-state index in [9.17, 15) is 27.6 Å². The van der Waals surface area contributed by atoms with Gasteiger partial charge in [0.25, 0.3) is 0 Å². The van der Waals surface area contributed by atoms with E-state index in [0.29, 0.717) is 70.7 Å². The highest BCUT2D eigenvalue weighted by atomic mass is 35.5. The molecule has 0 radical (unpaired) electrons. The maximum atomic E-state index is 13.6. The third-order valence-electron chi connectivity index (χ3n) is 8.07. The number of nitrogens with one attached hydrogen (secondary N) is 3. The van der Waals surface area contributed by atoms with Crippen molar-refractivity contribution < 1.29 is 51.2 Å². The van der Waals surface area contributed by atoms with Crippen LogP contribution in [0, 0.1) is 0 Å². The van der Waals surface area contributed by atoms with E-state index < -0.39 is 40.4 Å². The molecular weight excluding hydrogens is 723 g/mol. The van der Waals surface area contributed by atoms with Gasteiger partial charge in [0.2, 0.25) is 5.91 Å². The fourth-order valence-corrected chi connectivity index (χ4v) is 6.45. The quantitative estimate of drug-likeness (QED) is 0.189. The predicted octanol–water partition coefficient (Wildman–Crippen LogP) is 3.13. The van der Waals surface area contributed by atoms with Crippen molar-refractivity contribution in [3.05, 3.63) is 10.0 Å². The Balaban J connectivity index is 1.48. The molecule has 0 bridgehead atoms. The fraction of sp³-hybridized carbons (Fsp3) is 0.806. The Labute approximate surface area is 305 Å². The number of urea groups is 1. The van der Waals surface area contributed by atoms with Crippen molar-refractivity contribution in [2.24, 2.45) is 0 Å². The van der Waals surface area contributed by atoms with Gasteiger partial charge in [0.15, 0.2) is 10.8 Å². The molecule has 0 aliphatic carbocycles. The lowest BCUT2D eigenvalue weighted by molar-refractivity contribution is -0.140. The summed E-state index contributed by atoms with van der Waals surface area (Å²) in [4.78, 5) is 48.0. The van der Waals surface area contributed by atoms with Gasteiger partial charge in [-0.25, -0.2) is 14.6 Å². The van der Waals surface area contributed by atoms with E-state index in [0.717, 1.165) is 6.54 Å². The summed E-state index contributed by atoms with van der Waals surface area (Å²) < 4.78 is 65.8. The van der Waals surface area contributed by atoms with Crippen LogP contribution in [0.3, 0.4) is 0 Å². The fourth-order valence-electron chi connectivity index (χ4n) is 5.38. The number of ether oxygens (including phenoxy) is 5. The maximum absolute atomic E-state index is 13.6. The summed E-state index contributed by atoms with van der Waals surface area (Å²) >= 11 is 6.23. The third-order valence-corrected chi connectivity index (χ3v) is 9.24. The Morgan fingerprint density at radius 3 is 2.20 bits per heavy atom. The van der Waals surface area contributed by atoms with E-state index in [4.69, 9.17) is 35.3 Å². The number of alkyl carbamates (subject to hydrolysis) is 1. The van der Waals surface area contributed by atoms with E-state index >= 15 is 0 Å². The van der Waals surface area contributed by atoms with E-state index in [2.05, 4.69) is 46.6 Å². The molecule has 2 unspecified atom stereocenters. The Morgan fingerprint density at radius 1 is 0.941 bits per heavy atom. The van der Waals surface area contributed by atoms with E-state index in [-0.39, 0.29) is 62.4 Å². The average molecular weight is 774 g/mol. The van der Waals surface area contributed by atoms with E-state index in [1.807, 2.05) is 6.92 Å². The Hall–Kier alpha value is -2.52. The molecule has 51 heavy (non-hydrogen) atoms. The van der Waals surface area contributed by atoms with Gasteiger partial charge < -0.3 is 44.1 Å². The third kappa shape index (κ3) is 14.8. The summed E-state index contributed by atoms with van der Waals surface area (Å²) in [6, 6.07) is -1.77. The molecule has 2 saturated heterocycles. The molecule has 0 saturated carbocycles. The number of alkyl halides is 3. The van der Waals surface area contributed by atoms with Crippen LogP contribution in [-0.2, 0) is 34.7 Å². The lowest BCUT2D eigenvalue weighted by Gasteiger charge is -2.45. The maximum Gasteiger partial charge on any atom is 0.435 e. The van der Waals surface area contributed by atoms with Crippen molar-refractivity contribution in [1.82, 2.24) is 30.3 Å². The minimum atomic E-state index is -4.78. The second-order valence-corrected chi connectivity index (χ2v) is 14.3. The average Bonchev–Trinajstić information content (AvgIpc) is 3.46. The summed E-state index contributed by atoms with van der Waals surface area (Å²) in [6.45, 7) is 14.2. The minimum Gasteiger partial charge on any atom is -0.449 e. The molecule has 2 aliphatic rings. The summed E-state index contributed by atoms with van der Waals surface area (Å²) in [5, 5.41) is 7.97. The number of rotatable bonds is 18. The van der Waals surface area contributed by atoms with Crippen molar-refractivity contribution in [3.63, 3.8) is 0 Å². The molecule has 1 aromatic heterocycles. The minimum absolute atomic E-state index is 0.0928. The number of hydrogen-bond acceptors (Lipinski definition) is 12. The largest absolute Gasteiger partial charge is 0.449 e. The molecule has 3 rings (SSSR count). The molecule has 2 atom stereocenters. The van der Waals surface area contributed by atoms with Crippen LogP contribution in [0.2, 0.25) is 4.34 Å². The van der Waals surface area contributed by atoms with Crippen molar-refractivity contribution >= 4 is 46.1 Å². The number of thiazole rings is 1.